The van der Waals surface area contributed by atoms with Crippen LogP contribution in [0.15, 0.2) is 78.9 Å². The van der Waals surface area contributed by atoms with Gasteiger partial charge in [-0.25, -0.2) is 0 Å². The Balaban J connectivity index is 1.38. The molecular weight excluding hydrogens is 420 g/mol. The highest BCUT2D eigenvalue weighted by atomic mass is 16.5. The Morgan fingerprint density at radius 2 is 1.82 bits per heavy atom. The number of hydrogen-bond acceptors (Lipinski definition) is 3. The third-order valence-electron chi connectivity index (χ3n) is 7.09. The zero-order valence-electron chi connectivity index (χ0n) is 20.3. The molecule has 1 aliphatic heterocycles. The molecule has 2 N–H and O–H groups in total. The number of amides is 1. The number of benzene rings is 3. The number of hydrogen-bond donors (Lipinski definition) is 2. The molecule has 1 heterocycles. The van der Waals surface area contributed by atoms with Crippen LogP contribution in [-0.2, 0) is 5.41 Å². The summed E-state index contributed by atoms with van der Waals surface area (Å²) in [5.74, 6) is 1.53. The quantitative estimate of drug-likeness (QED) is 0.416. The number of fused-ring (bicyclic) bond motifs is 3. The second-order valence-corrected chi connectivity index (χ2v) is 10.3. The van der Waals surface area contributed by atoms with Gasteiger partial charge < -0.3 is 15.4 Å². The highest BCUT2D eigenvalue weighted by Crippen LogP contribution is 2.50. The van der Waals surface area contributed by atoms with Crippen LogP contribution in [0.1, 0.15) is 66.2 Å². The van der Waals surface area contributed by atoms with Crippen LogP contribution in [0.2, 0.25) is 0 Å². The largest absolute Gasteiger partial charge is 0.497 e. The molecule has 0 bridgehead atoms. The number of rotatable bonds is 4. The van der Waals surface area contributed by atoms with Crippen LogP contribution in [0.25, 0.3) is 0 Å². The van der Waals surface area contributed by atoms with Crippen LogP contribution in [0.4, 0.5) is 11.4 Å². The molecule has 174 valence electrons. The summed E-state index contributed by atoms with van der Waals surface area (Å²) in [6.45, 7) is 6.52. The molecule has 0 saturated heterocycles. The number of ether oxygens (including phenoxy) is 1. The second-order valence-electron chi connectivity index (χ2n) is 10.3. The van der Waals surface area contributed by atoms with Gasteiger partial charge in [-0.05, 0) is 76.9 Å². The molecule has 0 saturated carbocycles. The van der Waals surface area contributed by atoms with Gasteiger partial charge in [0.15, 0.2) is 0 Å². The average molecular weight is 453 g/mol. The van der Waals surface area contributed by atoms with Crippen molar-refractivity contribution in [2.45, 2.75) is 44.6 Å². The van der Waals surface area contributed by atoms with E-state index in [0.717, 1.165) is 23.5 Å². The van der Waals surface area contributed by atoms with Gasteiger partial charge >= 0.3 is 0 Å². The third-order valence-corrected chi connectivity index (χ3v) is 7.09. The fourth-order valence-electron chi connectivity index (χ4n) is 5.16. The summed E-state index contributed by atoms with van der Waals surface area (Å²) in [4.78, 5) is 12.9. The van der Waals surface area contributed by atoms with Gasteiger partial charge in [0.1, 0.15) is 5.75 Å². The normalized spacial score (nSPS) is 20.8. The Hall–Kier alpha value is -3.53. The monoisotopic (exact) mass is 452 g/mol. The van der Waals surface area contributed by atoms with E-state index in [2.05, 4.69) is 73.9 Å². The van der Waals surface area contributed by atoms with Crippen LogP contribution in [0.3, 0.4) is 0 Å². The van der Waals surface area contributed by atoms with E-state index < -0.39 is 0 Å². The van der Waals surface area contributed by atoms with Gasteiger partial charge in [-0.3, -0.25) is 4.79 Å². The van der Waals surface area contributed by atoms with Gasteiger partial charge in [0.2, 0.25) is 0 Å². The minimum absolute atomic E-state index is 0.0641. The van der Waals surface area contributed by atoms with E-state index >= 15 is 0 Å². The number of allylic oxidation sites excluding steroid dienone is 2. The summed E-state index contributed by atoms with van der Waals surface area (Å²) < 4.78 is 5.46. The van der Waals surface area contributed by atoms with Crippen molar-refractivity contribution in [1.82, 2.24) is 0 Å². The Morgan fingerprint density at radius 1 is 1.03 bits per heavy atom. The van der Waals surface area contributed by atoms with Gasteiger partial charge in [-0.2, -0.15) is 0 Å². The molecule has 3 unspecified atom stereocenters. The smallest absolute Gasteiger partial charge is 0.255 e. The fraction of sp³-hybridized carbons (Fsp3) is 0.300. The van der Waals surface area contributed by atoms with Crippen LogP contribution in [-0.4, -0.2) is 13.0 Å². The number of carbonyl (C=O) groups is 1. The maximum absolute atomic E-state index is 12.9. The van der Waals surface area contributed by atoms with Crippen molar-refractivity contribution >= 4 is 17.3 Å². The number of anilines is 2. The molecule has 0 radical (unpaired) electrons. The van der Waals surface area contributed by atoms with E-state index in [1.165, 1.54) is 16.7 Å². The fourth-order valence-corrected chi connectivity index (χ4v) is 5.16. The molecule has 34 heavy (non-hydrogen) atoms. The van der Waals surface area contributed by atoms with Crippen molar-refractivity contribution in [2.24, 2.45) is 5.92 Å². The average Bonchev–Trinajstić information content (AvgIpc) is 3.33. The summed E-state index contributed by atoms with van der Waals surface area (Å²) in [6, 6.07) is 22.6. The van der Waals surface area contributed by atoms with E-state index in [1.54, 1.807) is 7.11 Å². The standard InChI is InChI=1S/C30H32N2O2/c1-30(2,3)21-13-11-19(12-14-21)29(33)31-22-15-16-27-26(18-22)24-9-6-10-25(24)28(32-27)20-7-5-8-23(17-20)34-4/h5-9,11-18,24-25,28,32H,10H2,1-4H3,(H,31,33). The summed E-state index contributed by atoms with van der Waals surface area (Å²) in [7, 11) is 1.71. The minimum Gasteiger partial charge on any atom is -0.497 e. The van der Waals surface area contributed by atoms with Gasteiger partial charge in [0.05, 0.1) is 13.2 Å². The molecule has 0 fully saturated rings. The molecule has 2 aliphatic rings. The Morgan fingerprint density at radius 3 is 2.56 bits per heavy atom. The van der Waals surface area contributed by atoms with Gasteiger partial charge in [0.25, 0.3) is 5.91 Å². The van der Waals surface area contributed by atoms with Crippen molar-refractivity contribution in [1.29, 1.82) is 0 Å². The summed E-state index contributed by atoms with van der Waals surface area (Å²) in [5.41, 5.74) is 6.36. The first-order valence-electron chi connectivity index (χ1n) is 12.0. The number of methoxy groups -OCH3 is 1. The number of nitrogens with one attached hydrogen (secondary N) is 2. The van der Waals surface area contributed by atoms with Crippen LogP contribution >= 0.6 is 0 Å². The summed E-state index contributed by atoms with van der Waals surface area (Å²) in [6.07, 6.45) is 5.62. The van der Waals surface area contributed by atoms with Crippen LogP contribution in [0.5, 0.6) is 5.75 Å². The van der Waals surface area contributed by atoms with Crippen LogP contribution < -0.4 is 15.4 Å². The maximum atomic E-state index is 12.9. The van der Waals surface area contributed by atoms with Crippen molar-refractivity contribution in [3.8, 4) is 5.75 Å². The lowest BCUT2D eigenvalue weighted by Crippen LogP contribution is -2.29. The van der Waals surface area contributed by atoms with E-state index in [-0.39, 0.29) is 17.4 Å². The van der Waals surface area contributed by atoms with E-state index in [9.17, 15) is 4.79 Å². The van der Waals surface area contributed by atoms with E-state index in [4.69, 9.17) is 4.74 Å². The first-order chi connectivity index (χ1) is 16.3. The molecule has 1 amide bonds. The Labute approximate surface area is 202 Å². The van der Waals surface area contributed by atoms with Crippen molar-refractivity contribution < 1.29 is 9.53 Å². The molecule has 3 atom stereocenters. The predicted octanol–water partition coefficient (Wildman–Crippen LogP) is 7.07. The minimum atomic E-state index is -0.0862. The lowest BCUT2D eigenvalue weighted by Gasteiger charge is -2.37. The van der Waals surface area contributed by atoms with Crippen LogP contribution in [0, 0.1) is 5.92 Å². The Kier molecular flexibility index (Phi) is 5.68. The molecule has 3 aromatic carbocycles. The first-order valence-corrected chi connectivity index (χ1v) is 12.0. The lowest BCUT2D eigenvalue weighted by atomic mass is 9.77. The predicted molar refractivity (Wildman–Crippen MR) is 139 cm³/mol. The molecule has 4 nitrogen and oxygen atoms in total. The van der Waals surface area contributed by atoms with E-state index in [1.807, 2.05) is 36.4 Å². The van der Waals surface area contributed by atoms with Gasteiger partial charge in [-0.1, -0.05) is 57.2 Å². The molecule has 0 spiro atoms. The summed E-state index contributed by atoms with van der Waals surface area (Å²) in [5, 5.41) is 6.86. The molecule has 1 aliphatic carbocycles. The van der Waals surface area contributed by atoms with Gasteiger partial charge in [0, 0.05) is 22.9 Å². The first kappa shape index (κ1) is 22.3. The zero-order chi connectivity index (χ0) is 23.9. The van der Waals surface area contributed by atoms with Crippen molar-refractivity contribution in [2.75, 3.05) is 17.7 Å². The molecular formula is C30H32N2O2. The molecule has 3 aromatic rings. The van der Waals surface area contributed by atoms with Crippen molar-refractivity contribution in [3.63, 3.8) is 0 Å². The zero-order valence-corrected chi connectivity index (χ0v) is 20.3. The molecule has 0 aromatic heterocycles. The molecule has 4 heteroatoms. The SMILES string of the molecule is COc1cccc(C2Nc3ccc(NC(=O)c4ccc(C(C)(C)C)cc4)cc3C3C=CCC32)c1. The third kappa shape index (κ3) is 4.21. The highest BCUT2D eigenvalue weighted by Gasteiger charge is 2.38. The van der Waals surface area contributed by atoms with Gasteiger partial charge in [-0.15, -0.1) is 0 Å². The van der Waals surface area contributed by atoms with Crippen molar-refractivity contribution in [3.05, 3.63) is 101 Å². The summed E-state index contributed by atoms with van der Waals surface area (Å²) >= 11 is 0. The topological polar surface area (TPSA) is 50.4 Å². The Bertz CT molecular complexity index is 1240. The highest BCUT2D eigenvalue weighted by molar-refractivity contribution is 6.04. The second kappa shape index (κ2) is 8.68. The maximum Gasteiger partial charge on any atom is 0.255 e. The number of carbonyl (C=O) groups excluding carboxylic acids is 1. The van der Waals surface area contributed by atoms with E-state index in [0.29, 0.717) is 17.4 Å². The lowest BCUT2D eigenvalue weighted by molar-refractivity contribution is 0.102. The molecule has 5 rings (SSSR count).